The van der Waals surface area contributed by atoms with E-state index in [0.717, 1.165) is 24.3 Å². The Kier molecular flexibility index (Phi) is 9.44. The fourth-order valence-corrected chi connectivity index (χ4v) is 4.07. The number of carbonyl (C=O) groups is 1. The van der Waals surface area contributed by atoms with Crippen molar-refractivity contribution < 1.29 is 19.0 Å². The highest BCUT2D eigenvalue weighted by Crippen LogP contribution is 2.21. The molecule has 5 heteroatoms. The minimum Gasteiger partial charge on any atom is -0.494 e. The van der Waals surface area contributed by atoms with E-state index in [-0.39, 0.29) is 5.97 Å². The summed E-state index contributed by atoms with van der Waals surface area (Å²) in [5.41, 5.74) is 0.498. The summed E-state index contributed by atoms with van der Waals surface area (Å²) in [7, 11) is -0.967. The van der Waals surface area contributed by atoms with Crippen LogP contribution >= 0.6 is 0 Å². The maximum atomic E-state index is 12.4. The molecule has 0 spiro atoms. The summed E-state index contributed by atoms with van der Waals surface area (Å²) in [5.74, 6) is 2.19. The third-order valence-corrected chi connectivity index (χ3v) is 6.80. The van der Waals surface area contributed by atoms with Crippen LogP contribution in [0.25, 0.3) is 0 Å². The molecule has 0 N–H and O–H groups in total. The van der Waals surface area contributed by atoms with Gasteiger partial charge in [0, 0.05) is 8.07 Å². The first-order valence-electron chi connectivity index (χ1n) is 10.9. The molecular weight excluding hydrogens is 392 g/mol. The lowest BCUT2D eigenvalue weighted by atomic mass is 10.1. The van der Waals surface area contributed by atoms with Crippen molar-refractivity contribution >= 4 is 14.0 Å². The van der Waals surface area contributed by atoms with Crippen LogP contribution in [-0.2, 0) is 0 Å². The summed E-state index contributed by atoms with van der Waals surface area (Å²) in [5, 5.41) is 0. The fraction of sp³-hybridized carbons (Fsp3) is 0.480. The Bertz CT molecular complexity index is 763. The molecule has 0 bridgehead atoms. The van der Waals surface area contributed by atoms with E-state index in [9.17, 15) is 4.79 Å². The van der Waals surface area contributed by atoms with Crippen LogP contribution in [0.1, 0.15) is 43.5 Å². The Morgan fingerprint density at radius 2 is 1.43 bits per heavy atom. The summed E-state index contributed by atoms with van der Waals surface area (Å²) >= 11 is 0. The lowest BCUT2D eigenvalue weighted by Gasteiger charge is -2.15. The summed E-state index contributed by atoms with van der Waals surface area (Å²) in [4.78, 5) is 12.4. The van der Waals surface area contributed by atoms with Crippen molar-refractivity contribution in [2.45, 2.75) is 58.8 Å². The van der Waals surface area contributed by atoms with Crippen molar-refractivity contribution in [1.29, 1.82) is 0 Å². The predicted molar refractivity (Wildman–Crippen MR) is 126 cm³/mol. The molecule has 30 heavy (non-hydrogen) atoms. The lowest BCUT2D eigenvalue weighted by molar-refractivity contribution is 0.0734. The van der Waals surface area contributed by atoms with Gasteiger partial charge in [0.2, 0.25) is 0 Å². The molecule has 0 saturated carbocycles. The minimum absolute atomic E-state index is 0.384. The first kappa shape index (κ1) is 24.0. The van der Waals surface area contributed by atoms with Gasteiger partial charge in [0.1, 0.15) is 17.2 Å². The number of hydrogen-bond acceptors (Lipinski definition) is 4. The van der Waals surface area contributed by atoms with Crippen molar-refractivity contribution in [3.8, 4) is 17.2 Å². The van der Waals surface area contributed by atoms with Crippen molar-refractivity contribution in [2.24, 2.45) is 5.92 Å². The van der Waals surface area contributed by atoms with E-state index in [0.29, 0.717) is 30.4 Å². The number of carbonyl (C=O) groups excluding carboxylic acids is 1. The van der Waals surface area contributed by atoms with Crippen molar-refractivity contribution in [3.63, 3.8) is 0 Å². The first-order valence-corrected chi connectivity index (χ1v) is 14.7. The predicted octanol–water partition coefficient (Wildman–Crippen LogP) is 6.83. The molecule has 1 atom stereocenters. The van der Waals surface area contributed by atoms with E-state index in [1.807, 2.05) is 24.3 Å². The van der Waals surface area contributed by atoms with Crippen molar-refractivity contribution in [2.75, 3.05) is 13.2 Å². The topological polar surface area (TPSA) is 44.8 Å². The third-order valence-electron chi connectivity index (χ3n) is 4.95. The van der Waals surface area contributed by atoms with Crippen LogP contribution in [-0.4, -0.2) is 27.3 Å². The Hall–Kier alpha value is -2.27. The Labute approximate surface area is 182 Å². The highest BCUT2D eigenvalue weighted by Gasteiger charge is 2.12. The molecule has 2 aromatic rings. The van der Waals surface area contributed by atoms with Crippen molar-refractivity contribution in [1.82, 2.24) is 0 Å². The van der Waals surface area contributed by atoms with Gasteiger partial charge >= 0.3 is 5.97 Å². The average molecular weight is 429 g/mol. The number of benzene rings is 2. The molecule has 0 radical (unpaired) electrons. The molecule has 0 aliphatic carbocycles. The summed E-state index contributed by atoms with van der Waals surface area (Å²) in [6.07, 6.45) is 3.35. The first-order chi connectivity index (χ1) is 14.3. The average Bonchev–Trinajstić information content (AvgIpc) is 2.72. The molecular formula is C25H36O4Si. The van der Waals surface area contributed by atoms with E-state index >= 15 is 0 Å². The molecule has 164 valence electrons. The van der Waals surface area contributed by atoms with Gasteiger partial charge in [-0.2, -0.15) is 0 Å². The zero-order valence-corrected chi connectivity index (χ0v) is 20.1. The van der Waals surface area contributed by atoms with E-state index in [1.54, 1.807) is 24.3 Å². The van der Waals surface area contributed by atoms with E-state index in [2.05, 4.69) is 33.5 Å². The second kappa shape index (κ2) is 11.8. The van der Waals surface area contributed by atoms with Gasteiger partial charge in [-0.15, -0.1) is 0 Å². The number of hydrogen-bond donors (Lipinski definition) is 0. The zero-order chi connectivity index (χ0) is 22.0. The summed E-state index contributed by atoms with van der Waals surface area (Å²) in [6.45, 7) is 12.9. The molecule has 0 heterocycles. The van der Waals surface area contributed by atoms with Gasteiger partial charge in [-0.3, -0.25) is 0 Å². The van der Waals surface area contributed by atoms with Crippen LogP contribution in [0, 0.1) is 5.92 Å². The minimum atomic E-state index is -0.967. The van der Waals surface area contributed by atoms with Gasteiger partial charge in [-0.05, 0) is 60.9 Å². The molecule has 0 saturated heterocycles. The molecule has 0 aromatic heterocycles. The standard InChI is InChI=1S/C25H36O4Si/c1-6-20(2)19-28-23-13-15-24(16-14-23)29-25(26)21-9-11-22(12-10-21)27-17-7-8-18-30(3,4)5/h9-16,20H,6-8,17-19H2,1-5H3/t20-/m0/s1. The van der Waals surface area contributed by atoms with Crippen LogP contribution in [0.5, 0.6) is 17.2 Å². The molecule has 0 aliphatic heterocycles. The maximum Gasteiger partial charge on any atom is 0.343 e. The second-order valence-electron chi connectivity index (χ2n) is 9.08. The van der Waals surface area contributed by atoms with E-state index in [4.69, 9.17) is 14.2 Å². The van der Waals surface area contributed by atoms with E-state index < -0.39 is 8.07 Å². The van der Waals surface area contributed by atoms with Gasteiger partial charge in [-0.1, -0.05) is 52.4 Å². The fourth-order valence-electron chi connectivity index (χ4n) is 2.76. The number of ether oxygens (including phenoxy) is 3. The van der Waals surface area contributed by atoms with E-state index in [1.165, 1.54) is 12.5 Å². The monoisotopic (exact) mass is 428 g/mol. The molecule has 4 nitrogen and oxygen atoms in total. The van der Waals surface area contributed by atoms with Crippen LogP contribution in [0.3, 0.4) is 0 Å². The van der Waals surface area contributed by atoms with Crippen LogP contribution < -0.4 is 14.2 Å². The van der Waals surface area contributed by atoms with Crippen LogP contribution in [0.15, 0.2) is 48.5 Å². The van der Waals surface area contributed by atoms with Gasteiger partial charge in [0.15, 0.2) is 0 Å². The highest BCUT2D eigenvalue weighted by atomic mass is 28.3. The Balaban J connectivity index is 1.77. The maximum absolute atomic E-state index is 12.4. The second-order valence-corrected chi connectivity index (χ2v) is 14.7. The zero-order valence-electron chi connectivity index (χ0n) is 19.1. The van der Waals surface area contributed by atoms with Gasteiger partial charge in [0.05, 0.1) is 18.8 Å². The summed E-state index contributed by atoms with van der Waals surface area (Å²) in [6, 6.07) is 15.6. The largest absolute Gasteiger partial charge is 0.494 e. The van der Waals surface area contributed by atoms with Crippen molar-refractivity contribution in [3.05, 3.63) is 54.1 Å². The smallest absolute Gasteiger partial charge is 0.343 e. The number of rotatable bonds is 12. The highest BCUT2D eigenvalue weighted by molar-refractivity contribution is 6.76. The molecule has 0 aliphatic rings. The molecule has 0 amide bonds. The van der Waals surface area contributed by atoms with Crippen LogP contribution in [0.2, 0.25) is 25.7 Å². The molecule has 2 aromatic carbocycles. The van der Waals surface area contributed by atoms with Gasteiger partial charge < -0.3 is 14.2 Å². The third kappa shape index (κ3) is 9.03. The SMILES string of the molecule is CC[C@H](C)COc1ccc(OC(=O)c2ccc(OCCCC[Si](C)(C)C)cc2)cc1. The Morgan fingerprint density at radius 1 is 0.867 bits per heavy atom. The summed E-state index contributed by atoms with van der Waals surface area (Å²) < 4.78 is 17.0. The van der Waals surface area contributed by atoms with Gasteiger partial charge in [-0.25, -0.2) is 4.79 Å². The lowest BCUT2D eigenvalue weighted by Crippen LogP contribution is -2.18. The number of esters is 1. The molecule has 2 rings (SSSR count). The Morgan fingerprint density at radius 3 is 2.03 bits per heavy atom. The molecule has 0 unspecified atom stereocenters. The van der Waals surface area contributed by atoms with Gasteiger partial charge in [0.25, 0.3) is 0 Å². The van der Waals surface area contributed by atoms with Crippen LogP contribution in [0.4, 0.5) is 0 Å². The molecule has 0 fully saturated rings. The quantitative estimate of drug-likeness (QED) is 0.161. The normalized spacial score (nSPS) is 12.3. The number of unbranched alkanes of at least 4 members (excludes halogenated alkanes) is 1.